The molecule has 0 spiro atoms. The van der Waals surface area contributed by atoms with Gasteiger partial charge in [-0.1, -0.05) is 35.5 Å². The number of thioether (sulfide) groups is 1. The zero-order valence-electron chi connectivity index (χ0n) is 15.4. The predicted molar refractivity (Wildman–Crippen MR) is 109 cm³/mol. The van der Waals surface area contributed by atoms with Crippen molar-refractivity contribution in [1.82, 2.24) is 20.0 Å². The molecule has 4 rings (SSSR count). The maximum absolute atomic E-state index is 5.43. The summed E-state index contributed by atoms with van der Waals surface area (Å²) in [6, 6.07) is 14.4. The van der Waals surface area contributed by atoms with Crippen molar-refractivity contribution in [3.8, 4) is 11.4 Å². The number of anilines is 1. The highest BCUT2D eigenvalue weighted by Gasteiger charge is 2.16. The van der Waals surface area contributed by atoms with Crippen molar-refractivity contribution in [1.29, 1.82) is 0 Å². The largest absolute Gasteiger partial charge is 0.355 e. The zero-order chi connectivity index (χ0) is 18.5. The van der Waals surface area contributed by atoms with Gasteiger partial charge < -0.3 is 9.42 Å². The van der Waals surface area contributed by atoms with Crippen LogP contribution < -0.4 is 4.90 Å². The molecule has 3 heterocycles. The minimum atomic E-state index is 0.598. The van der Waals surface area contributed by atoms with E-state index in [2.05, 4.69) is 49.2 Å². The summed E-state index contributed by atoms with van der Waals surface area (Å²) in [6.45, 7) is 3.69. The fourth-order valence-corrected chi connectivity index (χ4v) is 4.05. The second-order valence-corrected chi connectivity index (χ2v) is 7.87. The molecule has 2 aromatic heterocycles. The van der Waals surface area contributed by atoms with E-state index in [9.17, 15) is 0 Å². The number of nitrogens with zero attached hydrogens (tertiary/aromatic N) is 5. The Morgan fingerprint density at radius 1 is 1.11 bits per heavy atom. The van der Waals surface area contributed by atoms with Gasteiger partial charge in [0.05, 0.1) is 6.54 Å². The summed E-state index contributed by atoms with van der Waals surface area (Å²) in [5, 5.41) is 4.12. The lowest BCUT2D eigenvalue weighted by Crippen LogP contribution is -2.32. The monoisotopic (exact) mass is 381 g/mol. The van der Waals surface area contributed by atoms with Crippen molar-refractivity contribution in [3.05, 3.63) is 60.1 Å². The van der Waals surface area contributed by atoms with E-state index in [0.29, 0.717) is 11.7 Å². The van der Waals surface area contributed by atoms with Gasteiger partial charge in [-0.3, -0.25) is 4.90 Å². The first-order chi connectivity index (χ1) is 13.3. The molecule has 1 aliphatic heterocycles. The molecule has 0 saturated carbocycles. The minimum absolute atomic E-state index is 0.598. The van der Waals surface area contributed by atoms with E-state index in [1.165, 1.54) is 17.1 Å². The average Bonchev–Trinajstić information content (AvgIpc) is 3.18. The van der Waals surface area contributed by atoms with Crippen LogP contribution in [0.4, 0.5) is 5.82 Å². The minimum Gasteiger partial charge on any atom is -0.355 e. The Bertz CT molecular complexity index is 846. The summed E-state index contributed by atoms with van der Waals surface area (Å²) in [5.41, 5.74) is 2.13. The van der Waals surface area contributed by atoms with Gasteiger partial charge in [-0.15, -0.1) is 0 Å². The number of hydrogen-bond donors (Lipinski definition) is 0. The Balaban J connectivity index is 1.40. The summed E-state index contributed by atoms with van der Waals surface area (Å²) in [6.07, 6.45) is 1.81. The highest BCUT2D eigenvalue weighted by Crippen LogP contribution is 2.20. The van der Waals surface area contributed by atoms with E-state index in [1.807, 2.05) is 43.2 Å². The Hall–Kier alpha value is -2.38. The van der Waals surface area contributed by atoms with Gasteiger partial charge in [0.25, 0.3) is 0 Å². The molecular weight excluding hydrogens is 358 g/mol. The van der Waals surface area contributed by atoms with Crippen molar-refractivity contribution >= 4 is 17.6 Å². The van der Waals surface area contributed by atoms with Crippen molar-refractivity contribution in [2.24, 2.45) is 0 Å². The summed E-state index contributed by atoms with van der Waals surface area (Å²) in [5.74, 6) is 4.52. The first-order valence-electron chi connectivity index (χ1n) is 9.12. The second-order valence-electron chi connectivity index (χ2n) is 6.65. The smallest absolute Gasteiger partial charge is 0.241 e. The average molecular weight is 382 g/mol. The number of aromatic nitrogens is 3. The zero-order valence-corrected chi connectivity index (χ0v) is 16.2. The van der Waals surface area contributed by atoms with Crippen molar-refractivity contribution < 1.29 is 4.52 Å². The number of benzene rings is 1. The maximum atomic E-state index is 5.43. The Morgan fingerprint density at radius 2 is 1.93 bits per heavy atom. The van der Waals surface area contributed by atoms with Gasteiger partial charge in [0.1, 0.15) is 5.82 Å². The molecule has 1 aromatic carbocycles. The molecule has 0 amide bonds. The van der Waals surface area contributed by atoms with Gasteiger partial charge in [0, 0.05) is 49.9 Å². The molecule has 0 unspecified atom stereocenters. The van der Waals surface area contributed by atoms with Crippen LogP contribution in [0.25, 0.3) is 11.4 Å². The molecule has 1 fully saturated rings. The molecule has 27 heavy (non-hydrogen) atoms. The van der Waals surface area contributed by atoms with Crippen molar-refractivity contribution in [2.45, 2.75) is 13.1 Å². The molecule has 0 aliphatic carbocycles. The highest BCUT2D eigenvalue weighted by molar-refractivity contribution is 7.99. The third kappa shape index (κ3) is 4.67. The molecule has 1 saturated heterocycles. The van der Waals surface area contributed by atoms with Crippen molar-refractivity contribution in [3.63, 3.8) is 0 Å². The van der Waals surface area contributed by atoms with Crippen LogP contribution in [0.2, 0.25) is 0 Å². The number of rotatable bonds is 6. The fourth-order valence-electron chi connectivity index (χ4n) is 3.07. The summed E-state index contributed by atoms with van der Waals surface area (Å²) in [7, 11) is 2.04. The second kappa shape index (κ2) is 8.54. The SMILES string of the molecule is CN(Cc1ccccc1)c1ccc(-c2noc(CN3CCSCC3)n2)cn1. The van der Waals surface area contributed by atoms with E-state index in [0.717, 1.165) is 37.6 Å². The molecule has 0 bridgehead atoms. The van der Waals surface area contributed by atoms with Gasteiger partial charge in [-0.25, -0.2) is 4.98 Å². The van der Waals surface area contributed by atoms with Gasteiger partial charge in [0.2, 0.25) is 11.7 Å². The van der Waals surface area contributed by atoms with Gasteiger partial charge >= 0.3 is 0 Å². The molecule has 140 valence electrons. The summed E-state index contributed by atoms with van der Waals surface area (Å²) < 4.78 is 5.43. The topological polar surface area (TPSA) is 58.3 Å². The molecule has 0 radical (unpaired) electrons. The fraction of sp³-hybridized carbons (Fsp3) is 0.350. The molecule has 7 heteroatoms. The van der Waals surface area contributed by atoms with Crippen LogP contribution in [0, 0.1) is 0 Å². The molecule has 0 N–H and O–H groups in total. The predicted octanol–water partition coefficient (Wildman–Crippen LogP) is 3.32. The van der Waals surface area contributed by atoms with Crippen molar-refractivity contribution in [2.75, 3.05) is 36.5 Å². The lowest BCUT2D eigenvalue weighted by molar-refractivity contribution is 0.245. The van der Waals surface area contributed by atoms with E-state index in [-0.39, 0.29) is 0 Å². The standard InChI is InChI=1S/C20H23N5OS/c1-24(14-16-5-3-2-4-6-16)18-8-7-17(13-21-18)20-22-19(26-23-20)15-25-9-11-27-12-10-25/h2-8,13H,9-12,14-15H2,1H3. The van der Waals surface area contributed by atoms with Crippen LogP contribution >= 0.6 is 11.8 Å². The number of pyridine rings is 1. The highest BCUT2D eigenvalue weighted by atomic mass is 32.2. The molecule has 6 nitrogen and oxygen atoms in total. The van der Waals surface area contributed by atoms with E-state index in [4.69, 9.17) is 4.52 Å². The molecular formula is C20H23N5OS. The maximum Gasteiger partial charge on any atom is 0.241 e. The number of hydrogen-bond acceptors (Lipinski definition) is 7. The third-order valence-electron chi connectivity index (χ3n) is 4.59. The van der Waals surface area contributed by atoms with Crippen LogP contribution in [0.5, 0.6) is 0 Å². The van der Waals surface area contributed by atoms with Crippen LogP contribution in [0.15, 0.2) is 53.2 Å². The Labute approximate surface area is 163 Å². The van der Waals surface area contributed by atoms with Gasteiger partial charge in [-0.2, -0.15) is 16.7 Å². The summed E-state index contributed by atoms with van der Waals surface area (Å²) >= 11 is 1.99. The molecule has 3 aromatic rings. The van der Waals surface area contributed by atoms with Crippen LogP contribution in [-0.2, 0) is 13.1 Å². The first-order valence-corrected chi connectivity index (χ1v) is 10.3. The van der Waals surface area contributed by atoms with E-state index in [1.54, 1.807) is 0 Å². The third-order valence-corrected chi connectivity index (χ3v) is 5.53. The van der Waals surface area contributed by atoms with E-state index < -0.39 is 0 Å². The van der Waals surface area contributed by atoms with Crippen LogP contribution in [0.1, 0.15) is 11.5 Å². The Morgan fingerprint density at radius 3 is 2.67 bits per heavy atom. The molecule has 1 aliphatic rings. The lowest BCUT2D eigenvalue weighted by atomic mass is 10.2. The molecule has 0 atom stereocenters. The van der Waals surface area contributed by atoms with Crippen LogP contribution in [0.3, 0.4) is 0 Å². The quantitative estimate of drug-likeness (QED) is 0.649. The van der Waals surface area contributed by atoms with Gasteiger partial charge in [-0.05, 0) is 17.7 Å². The van der Waals surface area contributed by atoms with E-state index >= 15 is 0 Å². The summed E-state index contributed by atoms with van der Waals surface area (Å²) in [4.78, 5) is 13.6. The lowest BCUT2D eigenvalue weighted by Gasteiger charge is -2.24. The van der Waals surface area contributed by atoms with Gasteiger partial charge in [0.15, 0.2) is 0 Å². The normalized spacial score (nSPS) is 15.0. The first kappa shape index (κ1) is 18.0. The Kier molecular flexibility index (Phi) is 5.69. The van der Waals surface area contributed by atoms with Crippen LogP contribution in [-0.4, -0.2) is 51.7 Å².